The Morgan fingerprint density at radius 1 is 0.615 bits per heavy atom. The lowest BCUT2D eigenvalue weighted by molar-refractivity contribution is -0.138. The summed E-state index contributed by atoms with van der Waals surface area (Å²) in [4.78, 5) is 23.6. The minimum atomic E-state index is -4.79. The second-order valence-corrected chi connectivity index (χ2v) is 4.99. The second-order valence-electron chi connectivity index (χ2n) is 4.99. The zero-order chi connectivity index (χ0) is 19.5. The molecule has 2 aromatic carbocycles. The van der Waals surface area contributed by atoms with Gasteiger partial charge in [0.1, 0.15) is 0 Å². The van der Waals surface area contributed by atoms with Gasteiger partial charge in [-0.05, 0) is 24.3 Å². The summed E-state index contributed by atoms with van der Waals surface area (Å²) in [6.45, 7) is 0. The van der Waals surface area contributed by atoms with E-state index in [4.69, 9.17) is 0 Å². The topological polar surface area (TPSA) is 58.2 Å². The molecule has 0 radical (unpaired) electrons. The van der Waals surface area contributed by atoms with Crippen LogP contribution in [0.25, 0.3) is 0 Å². The summed E-state index contributed by atoms with van der Waals surface area (Å²) in [7, 11) is 0. The fourth-order valence-corrected chi connectivity index (χ4v) is 2.04. The van der Waals surface area contributed by atoms with Crippen LogP contribution in [0.1, 0.15) is 11.1 Å². The monoisotopic (exact) mass is 376 g/mol. The van der Waals surface area contributed by atoms with E-state index in [1.807, 2.05) is 0 Å². The summed E-state index contributed by atoms with van der Waals surface area (Å²) < 4.78 is 77.1. The molecular weight excluding hydrogens is 366 g/mol. The van der Waals surface area contributed by atoms with E-state index in [2.05, 4.69) is 0 Å². The quantitative estimate of drug-likeness (QED) is 0.607. The molecule has 2 N–H and O–H groups in total. The molecule has 2 rings (SSSR count). The van der Waals surface area contributed by atoms with Gasteiger partial charge in [0, 0.05) is 0 Å². The highest BCUT2D eigenvalue weighted by molar-refractivity contribution is 6.43. The van der Waals surface area contributed by atoms with Gasteiger partial charge in [0.25, 0.3) is 0 Å². The van der Waals surface area contributed by atoms with Crippen LogP contribution in [0, 0.1) is 0 Å². The van der Waals surface area contributed by atoms with Gasteiger partial charge in [-0.2, -0.15) is 26.3 Å². The lowest BCUT2D eigenvalue weighted by atomic mass is 10.1. The van der Waals surface area contributed by atoms with E-state index < -0.39 is 46.7 Å². The van der Waals surface area contributed by atoms with Crippen LogP contribution >= 0.6 is 0 Å². The van der Waals surface area contributed by atoms with Crippen molar-refractivity contribution in [3.63, 3.8) is 0 Å². The van der Waals surface area contributed by atoms with E-state index in [1.165, 1.54) is 12.1 Å². The van der Waals surface area contributed by atoms with E-state index in [0.717, 1.165) is 24.3 Å². The molecule has 0 saturated carbocycles. The van der Waals surface area contributed by atoms with E-state index in [0.29, 0.717) is 12.1 Å². The Hall–Kier alpha value is -3.04. The van der Waals surface area contributed by atoms with Gasteiger partial charge in [0.15, 0.2) is 0 Å². The molecule has 0 aliphatic carbocycles. The van der Waals surface area contributed by atoms with Gasteiger partial charge in [-0.3, -0.25) is 9.59 Å². The maximum absolute atomic E-state index is 12.9. The average molecular weight is 376 g/mol. The molecule has 0 heterocycles. The zero-order valence-electron chi connectivity index (χ0n) is 12.7. The molecule has 26 heavy (non-hydrogen) atoms. The molecule has 0 aliphatic rings. The number of alkyl halides is 6. The first kappa shape index (κ1) is 19.3. The number of rotatable bonds is 2. The number of carbonyl (C=O) groups is 2. The van der Waals surface area contributed by atoms with Gasteiger partial charge < -0.3 is 10.6 Å². The Balaban J connectivity index is 2.20. The molecule has 138 valence electrons. The molecule has 0 atom stereocenters. The van der Waals surface area contributed by atoms with Crippen LogP contribution < -0.4 is 10.6 Å². The van der Waals surface area contributed by atoms with Crippen LogP contribution in [0.4, 0.5) is 37.7 Å². The van der Waals surface area contributed by atoms with Crippen molar-refractivity contribution in [2.24, 2.45) is 0 Å². The number of hydrogen-bond donors (Lipinski definition) is 2. The normalized spacial score (nSPS) is 11.8. The Kier molecular flexibility index (Phi) is 5.24. The Morgan fingerprint density at radius 3 is 1.23 bits per heavy atom. The highest BCUT2D eigenvalue weighted by Crippen LogP contribution is 2.35. The highest BCUT2D eigenvalue weighted by atomic mass is 19.4. The number of anilines is 2. The predicted molar refractivity (Wildman–Crippen MR) is 80.1 cm³/mol. The van der Waals surface area contributed by atoms with Crippen LogP contribution in [0.15, 0.2) is 48.5 Å². The number of hydrogen-bond acceptors (Lipinski definition) is 2. The van der Waals surface area contributed by atoms with Gasteiger partial charge in [-0.15, -0.1) is 0 Å². The summed E-state index contributed by atoms with van der Waals surface area (Å²) >= 11 is 0. The van der Waals surface area contributed by atoms with Gasteiger partial charge in [-0.25, -0.2) is 0 Å². The van der Waals surface area contributed by atoms with Crippen LogP contribution in [0.5, 0.6) is 0 Å². The van der Waals surface area contributed by atoms with E-state index in [9.17, 15) is 35.9 Å². The first-order chi connectivity index (χ1) is 12.0. The number of para-hydroxylation sites is 2. The van der Waals surface area contributed by atoms with Crippen molar-refractivity contribution in [1.29, 1.82) is 0 Å². The largest absolute Gasteiger partial charge is 0.418 e. The molecule has 10 heteroatoms. The van der Waals surface area contributed by atoms with Crippen molar-refractivity contribution < 1.29 is 35.9 Å². The third-order valence-corrected chi connectivity index (χ3v) is 3.17. The molecule has 0 fully saturated rings. The average Bonchev–Trinajstić information content (AvgIpc) is 2.53. The summed E-state index contributed by atoms with van der Waals surface area (Å²) in [5.41, 5.74) is -3.78. The lowest BCUT2D eigenvalue weighted by Crippen LogP contribution is -2.30. The van der Waals surface area contributed by atoms with Gasteiger partial charge in [-0.1, -0.05) is 24.3 Å². The van der Waals surface area contributed by atoms with Crippen LogP contribution in [0.3, 0.4) is 0 Å². The maximum Gasteiger partial charge on any atom is 0.418 e. The smallest absolute Gasteiger partial charge is 0.317 e. The Morgan fingerprint density at radius 2 is 0.923 bits per heavy atom. The highest BCUT2D eigenvalue weighted by Gasteiger charge is 2.35. The molecule has 0 bridgehead atoms. The van der Waals surface area contributed by atoms with Gasteiger partial charge in [0.05, 0.1) is 22.5 Å². The fourth-order valence-electron chi connectivity index (χ4n) is 2.04. The molecule has 0 saturated heterocycles. The van der Waals surface area contributed by atoms with Gasteiger partial charge >= 0.3 is 24.2 Å². The molecule has 0 spiro atoms. The minimum absolute atomic E-state index is 0.687. The van der Waals surface area contributed by atoms with E-state index >= 15 is 0 Å². The standard InChI is InChI=1S/C16H10F6N2O2/c17-15(18,19)9-5-1-3-7-11(9)23-13(25)14(26)24-12-8-4-2-6-10(12)16(20,21)22/h1-8H,(H,23,25)(H,24,26). The lowest BCUT2D eigenvalue weighted by Gasteiger charge is -2.15. The molecule has 0 unspecified atom stereocenters. The predicted octanol–water partition coefficient (Wildman–Crippen LogP) is 4.30. The van der Waals surface area contributed by atoms with Crippen molar-refractivity contribution in [2.45, 2.75) is 12.4 Å². The molecule has 2 aromatic rings. The number of halogens is 6. The minimum Gasteiger partial charge on any atom is -0.317 e. The number of benzene rings is 2. The van der Waals surface area contributed by atoms with Crippen molar-refractivity contribution in [1.82, 2.24) is 0 Å². The van der Waals surface area contributed by atoms with E-state index in [-0.39, 0.29) is 0 Å². The summed E-state index contributed by atoms with van der Waals surface area (Å²) in [6, 6.07) is 7.76. The summed E-state index contributed by atoms with van der Waals surface area (Å²) in [6.07, 6.45) is -9.58. The second kappa shape index (κ2) is 7.06. The summed E-state index contributed by atoms with van der Waals surface area (Å²) in [5, 5.41) is 3.49. The Labute approximate surface area is 142 Å². The van der Waals surface area contributed by atoms with Crippen LogP contribution in [-0.2, 0) is 21.9 Å². The van der Waals surface area contributed by atoms with Crippen molar-refractivity contribution in [2.75, 3.05) is 10.6 Å². The van der Waals surface area contributed by atoms with Crippen LogP contribution in [-0.4, -0.2) is 11.8 Å². The molecule has 2 amide bonds. The van der Waals surface area contributed by atoms with E-state index in [1.54, 1.807) is 10.6 Å². The Bertz CT molecular complexity index is 760. The molecule has 4 nitrogen and oxygen atoms in total. The van der Waals surface area contributed by atoms with Gasteiger partial charge in [0.2, 0.25) is 0 Å². The van der Waals surface area contributed by atoms with Crippen molar-refractivity contribution in [3.8, 4) is 0 Å². The zero-order valence-corrected chi connectivity index (χ0v) is 12.7. The van der Waals surface area contributed by atoms with Crippen LogP contribution in [0.2, 0.25) is 0 Å². The molecule has 0 aliphatic heterocycles. The van der Waals surface area contributed by atoms with Crippen molar-refractivity contribution >= 4 is 23.2 Å². The first-order valence-corrected chi connectivity index (χ1v) is 6.95. The molecular formula is C16H10F6N2O2. The molecule has 0 aromatic heterocycles. The number of amides is 2. The van der Waals surface area contributed by atoms with Crippen molar-refractivity contribution in [3.05, 3.63) is 59.7 Å². The third kappa shape index (κ3) is 4.52. The number of nitrogens with one attached hydrogen (secondary N) is 2. The fraction of sp³-hybridized carbons (Fsp3) is 0.125. The number of carbonyl (C=O) groups excluding carboxylic acids is 2. The maximum atomic E-state index is 12.9. The first-order valence-electron chi connectivity index (χ1n) is 6.95. The SMILES string of the molecule is O=C(Nc1ccccc1C(F)(F)F)C(=O)Nc1ccccc1C(F)(F)F. The third-order valence-electron chi connectivity index (χ3n) is 3.17. The summed E-state index contributed by atoms with van der Waals surface area (Å²) in [5.74, 6) is -3.09.